The molecule has 2 atom stereocenters. The van der Waals surface area contributed by atoms with E-state index in [1.54, 1.807) is 0 Å². The second-order valence-corrected chi connectivity index (χ2v) is 4.49. The molecule has 3 nitrogen and oxygen atoms in total. The van der Waals surface area contributed by atoms with Gasteiger partial charge in [0.2, 0.25) is 0 Å². The summed E-state index contributed by atoms with van der Waals surface area (Å²) in [4.78, 5) is 4.62. The van der Waals surface area contributed by atoms with Crippen molar-refractivity contribution in [3.63, 3.8) is 0 Å². The summed E-state index contributed by atoms with van der Waals surface area (Å²) in [5.41, 5.74) is 1.04. The lowest BCUT2D eigenvalue weighted by Crippen LogP contribution is -2.31. The fourth-order valence-corrected chi connectivity index (χ4v) is 2.47. The number of nitrogens with zero attached hydrogens (tertiary/aromatic N) is 1. The SMILES string of the molecule is c1ccc(NC2=N[C@@H]3CCC[C@@H]3CO2)cc1. The van der Waals surface area contributed by atoms with E-state index in [0.29, 0.717) is 18.0 Å². The molecule has 0 spiro atoms. The third-order valence-corrected chi connectivity index (χ3v) is 3.36. The molecule has 0 aromatic heterocycles. The Morgan fingerprint density at radius 1 is 1.19 bits per heavy atom. The Balaban J connectivity index is 1.72. The van der Waals surface area contributed by atoms with Crippen molar-refractivity contribution < 1.29 is 4.74 Å². The first-order chi connectivity index (χ1) is 7.92. The molecule has 1 N–H and O–H groups in total. The molecule has 1 aliphatic carbocycles. The molecule has 1 fully saturated rings. The Morgan fingerprint density at radius 2 is 2.06 bits per heavy atom. The Labute approximate surface area is 95.5 Å². The maximum atomic E-state index is 5.63. The fraction of sp³-hybridized carbons (Fsp3) is 0.462. The smallest absolute Gasteiger partial charge is 0.289 e. The minimum absolute atomic E-state index is 0.486. The van der Waals surface area contributed by atoms with Gasteiger partial charge in [0.15, 0.2) is 0 Å². The maximum absolute atomic E-state index is 5.63. The van der Waals surface area contributed by atoms with Crippen LogP contribution < -0.4 is 5.32 Å². The third kappa shape index (κ3) is 1.90. The van der Waals surface area contributed by atoms with E-state index in [0.717, 1.165) is 12.3 Å². The Hall–Kier alpha value is -1.51. The zero-order valence-electron chi connectivity index (χ0n) is 9.23. The first-order valence-corrected chi connectivity index (χ1v) is 5.94. The zero-order chi connectivity index (χ0) is 10.8. The number of aliphatic imine (C=N–C) groups is 1. The molecule has 3 rings (SSSR count). The van der Waals surface area contributed by atoms with Gasteiger partial charge in [0.05, 0.1) is 12.6 Å². The number of hydrogen-bond donors (Lipinski definition) is 1. The van der Waals surface area contributed by atoms with Crippen molar-refractivity contribution in [2.24, 2.45) is 10.9 Å². The lowest BCUT2D eigenvalue weighted by molar-refractivity contribution is 0.203. The van der Waals surface area contributed by atoms with Gasteiger partial charge in [-0.05, 0) is 25.0 Å². The van der Waals surface area contributed by atoms with Crippen LogP contribution in [0.15, 0.2) is 35.3 Å². The highest BCUT2D eigenvalue weighted by Gasteiger charge is 2.31. The van der Waals surface area contributed by atoms with Crippen molar-refractivity contribution in [1.29, 1.82) is 0 Å². The molecule has 84 valence electrons. The maximum Gasteiger partial charge on any atom is 0.289 e. The quantitative estimate of drug-likeness (QED) is 0.783. The first kappa shape index (κ1) is 9.70. The normalized spacial score (nSPS) is 27.9. The predicted molar refractivity (Wildman–Crippen MR) is 64.6 cm³/mol. The van der Waals surface area contributed by atoms with Crippen LogP contribution in [-0.2, 0) is 4.74 Å². The number of hydrogen-bond acceptors (Lipinski definition) is 3. The van der Waals surface area contributed by atoms with Gasteiger partial charge in [-0.2, -0.15) is 0 Å². The van der Waals surface area contributed by atoms with Gasteiger partial charge in [-0.25, -0.2) is 4.99 Å². The van der Waals surface area contributed by atoms with Gasteiger partial charge >= 0.3 is 0 Å². The number of benzene rings is 1. The van der Waals surface area contributed by atoms with Crippen molar-refractivity contribution in [2.75, 3.05) is 11.9 Å². The Bertz CT molecular complexity index is 388. The molecular weight excluding hydrogens is 200 g/mol. The van der Waals surface area contributed by atoms with Crippen molar-refractivity contribution in [3.8, 4) is 0 Å². The van der Waals surface area contributed by atoms with E-state index in [1.807, 2.05) is 30.3 Å². The van der Waals surface area contributed by atoms with Gasteiger partial charge in [-0.15, -0.1) is 0 Å². The predicted octanol–water partition coefficient (Wildman–Crippen LogP) is 2.65. The van der Waals surface area contributed by atoms with E-state index >= 15 is 0 Å². The summed E-state index contributed by atoms with van der Waals surface area (Å²) >= 11 is 0. The summed E-state index contributed by atoms with van der Waals surface area (Å²) in [6.07, 6.45) is 3.78. The summed E-state index contributed by atoms with van der Waals surface area (Å²) in [7, 11) is 0. The van der Waals surface area contributed by atoms with Gasteiger partial charge in [0.25, 0.3) is 6.02 Å². The van der Waals surface area contributed by atoms with Gasteiger partial charge < -0.3 is 10.1 Å². The van der Waals surface area contributed by atoms with Gasteiger partial charge in [0, 0.05) is 11.6 Å². The van der Waals surface area contributed by atoms with Crippen LogP contribution in [0, 0.1) is 5.92 Å². The highest BCUT2D eigenvalue weighted by Crippen LogP contribution is 2.31. The lowest BCUT2D eigenvalue weighted by Gasteiger charge is -2.24. The van der Waals surface area contributed by atoms with Crippen LogP contribution in [0.2, 0.25) is 0 Å². The van der Waals surface area contributed by atoms with Crippen molar-refractivity contribution in [3.05, 3.63) is 30.3 Å². The molecule has 2 aliphatic rings. The highest BCUT2D eigenvalue weighted by molar-refractivity contribution is 5.89. The zero-order valence-corrected chi connectivity index (χ0v) is 9.23. The minimum atomic E-state index is 0.486. The van der Waals surface area contributed by atoms with Gasteiger partial charge in [0.1, 0.15) is 0 Å². The molecule has 0 bridgehead atoms. The third-order valence-electron chi connectivity index (χ3n) is 3.36. The number of nitrogens with one attached hydrogen (secondary N) is 1. The van der Waals surface area contributed by atoms with Crippen LogP contribution in [0.3, 0.4) is 0 Å². The number of anilines is 1. The molecule has 3 heteroatoms. The van der Waals surface area contributed by atoms with Gasteiger partial charge in [-0.3, -0.25) is 0 Å². The molecule has 1 saturated carbocycles. The minimum Gasteiger partial charge on any atom is -0.465 e. The molecule has 0 saturated heterocycles. The number of rotatable bonds is 1. The number of amidine groups is 1. The van der Waals surface area contributed by atoms with Crippen LogP contribution in [0.25, 0.3) is 0 Å². The van der Waals surface area contributed by atoms with Crippen LogP contribution in [0.4, 0.5) is 5.69 Å². The van der Waals surface area contributed by atoms with Crippen molar-refractivity contribution in [2.45, 2.75) is 25.3 Å². The first-order valence-electron chi connectivity index (χ1n) is 5.94. The van der Waals surface area contributed by atoms with E-state index in [9.17, 15) is 0 Å². The van der Waals surface area contributed by atoms with E-state index in [1.165, 1.54) is 19.3 Å². The van der Waals surface area contributed by atoms with E-state index < -0.39 is 0 Å². The molecule has 0 unspecified atom stereocenters. The Kier molecular flexibility index (Phi) is 2.52. The number of para-hydroxylation sites is 1. The summed E-state index contributed by atoms with van der Waals surface area (Å²) in [6.45, 7) is 0.823. The van der Waals surface area contributed by atoms with Crippen LogP contribution >= 0.6 is 0 Å². The largest absolute Gasteiger partial charge is 0.465 e. The standard InChI is InChI=1S/C13H16N2O/c1-2-6-11(7-3-1)14-13-15-12-8-4-5-10(12)9-16-13/h1-3,6-7,10,12H,4-5,8-9H2,(H,14,15)/t10-,12-/m1/s1. The van der Waals surface area contributed by atoms with Crippen molar-refractivity contribution in [1.82, 2.24) is 0 Å². The molecule has 1 aromatic carbocycles. The second-order valence-electron chi connectivity index (χ2n) is 4.49. The molecule has 0 amide bonds. The summed E-state index contributed by atoms with van der Waals surface area (Å²) in [5, 5.41) is 3.22. The summed E-state index contributed by atoms with van der Waals surface area (Å²) in [5.74, 6) is 0.654. The number of ether oxygens (including phenoxy) is 1. The molecular formula is C13H16N2O. The average Bonchev–Trinajstić information content (AvgIpc) is 2.77. The number of fused-ring (bicyclic) bond motifs is 1. The van der Waals surface area contributed by atoms with Crippen LogP contribution in [0.1, 0.15) is 19.3 Å². The van der Waals surface area contributed by atoms with Crippen molar-refractivity contribution >= 4 is 11.7 Å². The van der Waals surface area contributed by atoms with E-state index in [4.69, 9.17) is 4.74 Å². The molecule has 1 aliphatic heterocycles. The summed E-state index contributed by atoms with van der Waals surface area (Å²) < 4.78 is 5.63. The van der Waals surface area contributed by atoms with Gasteiger partial charge in [-0.1, -0.05) is 24.6 Å². The lowest BCUT2D eigenvalue weighted by atomic mass is 10.1. The highest BCUT2D eigenvalue weighted by atomic mass is 16.5. The molecule has 1 heterocycles. The average molecular weight is 216 g/mol. The fourth-order valence-electron chi connectivity index (χ4n) is 2.47. The van der Waals surface area contributed by atoms with E-state index in [-0.39, 0.29) is 0 Å². The monoisotopic (exact) mass is 216 g/mol. The summed E-state index contributed by atoms with van der Waals surface area (Å²) in [6, 6.07) is 11.2. The molecule has 1 aromatic rings. The second kappa shape index (κ2) is 4.16. The molecule has 0 radical (unpaired) electrons. The molecule has 16 heavy (non-hydrogen) atoms. The van der Waals surface area contributed by atoms with E-state index in [2.05, 4.69) is 10.3 Å². The van der Waals surface area contributed by atoms with Crippen LogP contribution in [-0.4, -0.2) is 18.7 Å². The Morgan fingerprint density at radius 3 is 2.94 bits per heavy atom. The van der Waals surface area contributed by atoms with Crippen LogP contribution in [0.5, 0.6) is 0 Å². The topological polar surface area (TPSA) is 33.6 Å².